The second-order valence-corrected chi connectivity index (χ2v) is 4.99. The predicted molar refractivity (Wildman–Crippen MR) is 62.4 cm³/mol. The summed E-state index contributed by atoms with van der Waals surface area (Å²) in [5.74, 6) is 0.756. The molecule has 0 spiro atoms. The van der Waals surface area contributed by atoms with Crippen molar-refractivity contribution in [2.75, 3.05) is 20.2 Å². The molecule has 0 bridgehead atoms. The summed E-state index contributed by atoms with van der Waals surface area (Å²) in [7, 11) is 1.63. The zero-order chi connectivity index (χ0) is 12.3. The number of methoxy groups -OCH3 is 1. The first-order valence-corrected chi connectivity index (χ1v) is 5.97. The van der Waals surface area contributed by atoms with E-state index in [1.165, 1.54) is 0 Å². The number of aliphatic hydroxyl groups is 1. The number of likely N-dealkylation sites (tertiary alicyclic amines) is 1. The molecule has 0 saturated carbocycles. The Labute approximate surface area is 101 Å². The molecule has 2 heterocycles. The van der Waals surface area contributed by atoms with Crippen molar-refractivity contribution in [3.63, 3.8) is 0 Å². The Hall–Kier alpha value is -0.910. The lowest BCUT2D eigenvalue weighted by atomic mass is 9.94. The molecule has 0 atom stereocenters. The van der Waals surface area contributed by atoms with Crippen LogP contribution < -0.4 is 0 Å². The largest absolute Gasteiger partial charge is 0.390 e. The Kier molecular flexibility index (Phi) is 3.81. The molecule has 1 aliphatic heterocycles. The van der Waals surface area contributed by atoms with Gasteiger partial charge in [-0.05, 0) is 19.8 Å². The highest BCUT2D eigenvalue weighted by Crippen LogP contribution is 2.22. The van der Waals surface area contributed by atoms with Gasteiger partial charge >= 0.3 is 0 Å². The smallest absolute Gasteiger partial charge is 0.162 e. The maximum atomic E-state index is 9.86. The molecule has 17 heavy (non-hydrogen) atoms. The van der Waals surface area contributed by atoms with Crippen molar-refractivity contribution in [1.29, 1.82) is 0 Å². The molecule has 1 N–H and O–H groups in total. The molecule has 1 aromatic rings. The molecule has 0 aromatic carbocycles. The monoisotopic (exact) mass is 240 g/mol. The second-order valence-electron chi connectivity index (χ2n) is 4.99. The van der Waals surface area contributed by atoms with Crippen molar-refractivity contribution >= 4 is 0 Å². The molecular weight excluding hydrogens is 220 g/mol. The van der Waals surface area contributed by atoms with E-state index in [2.05, 4.69) is 10.1 Å². The van der Waals surface area contributed by atoms with Gasteiger partial charge in [0.2, 0.25) is 0 Å². The normalized spacial score (nSPS) is 20.6. The van der Waals surface area contributed by atoms with Crippen LogP contribution in [0, 0.1) is 0 Å². The number of hydrogen-bond donors (Lipinski definition) is 1. The van der Waals surface area contributed by atoms with E-state index in [0.29, 0.717) is 6.61 Å². The Morgan fingerprint density at radius 2 is 2.24 bits per heavy atom. The van der Waals surface area contributed by atoms with Crippen LogP contribution in [0.1, 0.15) is 31.2 Å². The minimum atomic E-state index is -0.498. The van der Waals surface area contributed by atoms with Gasteiger partial charge in [-0.1, -0.05) is 5.16 Å². The molecule has 0 amide bonds. The standard InChI is InChI=1S/C12H20N2O3/c1-12(15)3-5-14(6-4-12)8-10-7-11(9-16-2)17-13-10/h7,15H,3-6,8-9H2,1-2H3. The van der Waals surface area contributed by atoms with Crippen molar-refractivity contribution in [3.8, 4) is 0 Å². The number of aromatic nitrogens is 1. The molecular formula is C12H20N2O3. The molecule has 0 unspecified atom stereocenters. The van der Waals surface area contributed by atoms with Gasteiger partial charge in [-0.25, -0.2) is 0 Å². The number of rotatable bonds is 4. The Morgan fingerprint density at radius 1 is 1.53 bits per heavy atom. The van der Waals surface area contributed by atoms with Crippen LogP contribution in [0.2, 0.25) is 0 Å². The summed E-state index contributed by atoms with van der Waals surface area (Å²) in [4.78, 5) is 2.28. The third kappa shape index (κ3) is 3.52. The first kappa shape index (κ1) is 12.5. The van der Waals surface area contributed by atoms with Crippen molar-refractivity contribution < 1.29 is 14.4 Å². The molecule has 0 radical (unpaired) electrons. The molecule has 96 valence electrons. The van der Waals surface area contributed by atoms with E-state index in [9.17, 15) is 5.11 Å². The molecule has 5 heteroatoms. The van der Waals surface area contributed by atoms with Crippen LogP contribution in [-0.2, 0) is 17.9 Å². The molecule has 1 aliphatic rings. The van der Waals surface area contributed by atoms with E-state index in [1.807, 2.05) is 13.0 Å². The summed E-state index contributed by atoms with van der Waals surface area (Å²) in [6, 6.07) is 1.93. The van der Waals surface area contributed by atoms with E-state index >= 15 is 0 Å². The summed E-state index contributed by atoms with van der Waals surface area (Å²) >= 11 is 0. The third-order valence-electron chi connectivity index (χ3n) is 3.21. The predicted octanol–water partition coefficient (Wildman–Crippen LogP) is 1.17. The average Bonchev–Trinajstić information content (AvgIpc) is 2.70. The first-order valence-electron chi connectivity index (χ1n) is 5.97. The quantitative estimate of drug-likeness (QED) is 0.856. The average molecular weight is 240 g/mol. The van der Waals surface area contributed by atoms with Crippen molar-refractivity contribution in [2.24, 2.45) is 0 Å². The van der Waals surface area contributed by atoms with Gasteiger partial charge in [0.05, 0.1) is 11.3 Å². The molecule has 0 aliphatic carbocycles. The Balaban J connectivity index is 1.84. The van der Waals surface area contributed by atoms with Crippen molar-refractivity contribution in [2.45, 2.75) is 38.5 Å². The highest BCUT2D eigenvalue weighted by Gasteiger charge is 2.27. The van der Waals surface area contributed by atoms with Crippen LogP contribution in [0.5, 0.6) is 0 Å². The second kappa shape index (κ2) is 5.16. The minimum absolute atomic E-state index is 0.460. The highest BCUT2D eigenvalue weighted by atomic mass is 16.5. The number of ether oxygens (including phenoxy) is 1. The molecule has 1 aromatic heterocycles. The van der Waals surface area contributed by atoms with Gasteiger partial charge in [-0.2, -0.15) is 0 Å². The van der Waals surface area contributed by atoms with Crippen LogP contribution in [0.15, 0.2) is 10.6 Å². The molecule has 1 saturated heterocycles. The zero-order valence-electron chi connectivity index (χ0n) is 10.5. The SMILES string of the molecule is COCc1cc(CN2CCC(C)(O)CC2)no1. The van der Waals surface area contributed by atoms with Crippen molar-refractivity contribution in [3.05, 3.63) is 17.5 Å². The fourth-order valence-corrected chi connectivity index (χ4v) is 2.06. The van der Waals surface area contributed by atoms with E-state index in [1.54, 1.807) is 7.11 Å². The number of nitrogens with zero attached hydrogens (tertiary/aromatic N) is 2. The van der Waals surface area contributed by atoms with E-state index in [0.717, 1.165) is 43.9 Å². The molecule has 5 nitrogen and oxygen atoms in total. The lowest BCUT2D eigenvalue weighted by Crippen LogP contribution is -2.41. The summed E-state index contributed by atoms with van der Waals surface area (Å²) in [6.07, 6.45) is 1.63. The van der Waals surface area contributed by atoms with E-state index < -0.39 is 5.60 Å². The third-order valence-corrected chi connectivity index (χ3v) is 3.21. The first-order chi connectivity index (χ1) is 8.09. The van der Waals surface area contributed by atoms with E-state index in [4.69, 9.17) is 9.26 Å². The maximum absolute atomic E-state index is 9.86. The van der Waals surface area contributed by atoms with Gasteiger partial charge in [-0.3, -0.25) is 4.90 Å². The van der Waals surface area contributed by atoms with Gasteiger partial charge < -0.3 is 14.4 Å². The van der Waals surface area contributed by atoms with Gasteiger partial charge in [-0.15, -0.1) is 0 Å². The zero-order valence-corrected chi connectivity index (χ0v) is 10.5. The summed E-state index contributed by atoms with van der Waals surface area (Å²) < 4.78 is 10.1. The molecule has 1 fully saturated rings. The minimum Gasteiger partial charge on any atom is -0.390 e. The van der Waals surface area contributed by atoms with Gasteiger partial charge in [0.15, 0.2) is 5.76 Å². The van der Waals surface area contributed by atoms with Crippen LogP contribution >= 0.6 is 0 Å². The van der Waals surface area contributed by atoms with Crippen LogP contribution in [0.25, 0.3) is 0 Å². The topological polar surface area (TPSA) is 58.7 Å². The lowest BCUT2D eigenvalue weighted by Gasteiger charge is -2.35. The Morgan fingerprint density at radius 3 is 2.88 bits per heavy atom. The number of piperidine rings is 1. The van der Waals surface area contributed by atoms with Crippen LogP contribution in [0.3, 0.4) is 0 Å². The van der Waals surface area contributed by atoms with E-state index in [-0.39, 0.29) is 0 Å². The fourth-order valence-electron chi connectivity index (χ4n) is 2.06. The Bertz CT molecular complexity index is 352. The maximum Gasteiger partial charge on any atom is 0.162 e. The van der Waals surface area contributed by atoms with Crippen molar-refractivity contribution in [1.82, 2.24) is 10.1 Å². The highest BCUT2D eigenvalue weighted by molar-refractivity contribution is 5.04. The number of hydrogen-bond acceptors (Lipinski definition) is 5. The molecule has 2 rings (SSSR count). The van der Waals surface area contributed by atoms with Gasteiger partial charge in [0.1, 0.15) is 6.61 Å². The summed E-state index contributed by atoms with van der Waals surface area (Å²) in [5.41, 5.74) is 0.431. The van der Waals surface area contributed by atoms with Gasteiger partial charge in [0.25, 0.3) is 0 Å². The van der Waals surface area contributed by atoms with Gasteiger partial charge in [0, 0.05) is 32.8 Å². The lowest BCUT2D eigenvalue weighted by molar-refractivity contribution is -0.00774. The summed E-state index contributed by atoms with van der Waals surface area (Å²) in [5, 5.41) is 13.9. The fraction of sp³-hybridized carbons (Fsp3) is 0.750. The van der Waals surface area contributed by atoms with Crippen LogP contribution in [0.4, 0.5) is 0 Å². The van der Waals surface area contributed by atoms with Crippen LogP contribution in [-0.4, -0.2) is 41.0 Å². The summed E-state index contributed by atoms with van der Waals surface area (Å²) in [6.45, 7) is 4.95.